The second-order valence-electron chi connectivity index (χ2n) is 8.13. The fourth-order valence-corrected chi connectivity index (χ4v) is 3.63. The average molecular weight is 423 g/mol. The van der Waals surface area contributed by atoms with E-state index in [1.54, 1.807) is 6.07 Å². The number of para-hydroxylation sites is 1. The third-order valence-corrected chi connectivity index (χ3v) is 5.53. The second-order valence-corrected chi connectivity index (χ2v) is 8.13. The minimum atomic E-state index is -0.687. The molecule has 3 aromatic rings. The molecule has 0 bridgehead atoms. The molecule has 0 atom stereocenters. The quantitative estimate of drug-likeness (QED) is 0.324. The summed E-state index contributed by atoms with van der Waals surface area (Å²) in [5.41, 5.74) is 0.254. The smallest absolute Gasteiger partial charge is 0.254 e. The highest BCUT2D eigenvalue weighted by atomic mass is 16.3. The number of carbonyl (C=O) groups is 1. The van der Waals surface area contributed by atoms with Gasteiger partial charge in [-0.1, -0.05) is 19.9 Å². The molecule has 0 saturated heterocycles. The van der Waals surface area contributed by atoms with Crippen LogP contribution >= 0.6 is 0 Å². The fourth-order valence-electron chi connectivity index (χ4n) is 3.63. The van der Waals surface area contributed by atoms with E-state index in [2.05, 4.69) is 29.8 Å². The Kier molecular flexibility index (Phi) is 5.31. The Balaban J connectivity index is 1.54. The molecule has 0 radical (unpaired) electrons. The summed E-state index contributed by atoms with van der Waals surface area (Å²) in [5, 5.41) is 18.6. The topological polar surface area (TPSA) is 121 Å². The highest BCUT2D eigenvalue weighted by molar-refractivity contribution is 5.99. The normalized spacial score (nSPS) is 13.5. The second kappa shape index (κ2) is 7.94. The number of carbonyl (C=O) groups excluding carboxylic acids is 1. The van der Waals surface area contributed by atoms with Gasteiger partial charge in [0.1, 0.15) is 22.9 Å². The first-order chi connectivity index (χ1) is 14.8. The van der Waals surface area contributed by atoms with Crippen LogP contribution < -0.4 is 26.8 Å². The van der Waals surface area contributed by atoms with Gasteiger partial charge in [-0.05, 0) is 42.5 Å². The van der Waals surface area contributed by atoms with Crippen LogP contribution in [0.25, 0.3) is 0 Å². The summed E-state index contributed by atoms with van der Waals surface area (Å²) in [7, 11) is 1.45. The minimum Gasteiger partial charge on any atom is -0.505 e. The van der Waals surface area contributed by atoms with E-state index in [-0.39, 0.29) is 34.9 Å². The number of anilines is 3. The first-order valence-corrected chi connectivity index (χ1v) is 10.3. The maximum atomic E-state index is 12.1. The predicted octanol–water partition coefficient (Wildman–Crippen LogP) is 3.30. The van der Waals surface area contributed by atoms with E-state index in [4.69, 9.17) is 4.42 Å². The van der Waals surface area contributed by atoms with Crippen molar-refractivity contribution in [1.29, 1.82) is 0 Å². The van der Waals surface area contributed by atoms with Crippen LogP contribution in [0.2, 0.25) is 0 Å². The summed E-state index contributed by atoms with van der Waals surface area (Å²) in [6.07, 6.45) is 2.26. The van der Waals surface area contributed by atoms with Gasteiger partial charge in [0.25, 0.3) is 16.8 Å². The molecule has 8 heteroatoms. The van der Waals surface area contributed by atoms with Crippen molar-refractivity contribution >= 4 is 23.0 Å². The minimum absolute atomic E-state index is 0.0485. The van der Waals surface area contributed by atoms with Crippen LogP contribution in [0.4, 0.5) is 17.1 Å². The van der Waals surface area contributed by atoms with E-state index in [1.807, 2.05) is 6.07 Å². The molecule has 0 aliphatic heterocycles. The van der Waals surface area contributed by atoms with Crippen molar-refractivity contribution in [3.05, 3.63) is 67.4 Å². The summed E-state index contributed by atoms with van der Waals surface area (Å²) < 4.78 is 6.02. The van der Waals surface area contributed by atoms with Crippen LogP contribution in [0.1, 0.15) is 66.0 Å². The number of phenols is 1. The highest BCUT2D eigenvalue weighted by Crippen LogP contribution is 2.44. The van der Waals surface area contributed by atoms with E-state index in [1.165, 1.54) is 24.7 Å². The molecule has 1 aliphatic carbocycles. The third-order valence-electron chi connectivity index (χ3n) is 5.53. The number of hydrogen-bond acceptors (Lipinski definition) is 7. The zero-order chi connectivity index (χ0) is 22.3. The molecular formula is C23H25N3O5. The highest BCUT2D eigenvalue weighted by Gasteiger charge is 2.31. The molecule has 4 rings (SSSR count). The molecule has 0 unspecified atom stereocenters. The zero-order valence-corrected chi connectivity index (χ0v) is 17.7. The summed E-state index contributed by atoms with van der Waals surface area (Å²) in [4.78, 5) is 36.1. The van der Waals surface area contributed by atoms with E-state index < -0.39 is 16.8 Å². The van der Waals surface area contributed by atoms with Gasteiger partial charge in [0.15, 0.2) is 5.75 Å². The number of hydrogen-bond donors (Lipinski definition) is 4. The fraction of sp³-hybridized carbons (Fsp3) is 0.348. The molecule has 1 fully saturated rings. The standard InChI is InChI=1S/C23H25N3O5/c1-11(2)15-9-13(31-22(15)12-7-8-12)10-25-17-18(21(29)20(17)28)26-16-6-4-5-14(19(16)27)23(30)24-3/h4-6,9,11-12,25-27H,7-8,10H2,1-3H3,(H,24,30). The van der Waals surface area contributed by atoms with Crippen LogP contribution in [0, 0.1) is 0 Å². The molecule has 1 aliphatic rings. The SMILES string of the molecule is CNC(=O)c1cccc(Nc2c(NCc3cc(C(C)C)c(C4CC4)o3)c(=O)c2=O)c1O. The summed E-state index contributed by atoms with van der Waals surface area (Å²) >= 11 is 0. The molecule has 31 heavy (non-hydrogen) atoms. The monoisotopic (exact) mass is 423 g/mol. The Morgan fingerprint density at radius 3 is 2.55 bits per heavy atom. The lowest BCUT2D eigenvalue weighted by molar-refractivity contribution is 0.0960. The number of nitrogens with one attached hydrogen (secondary N) is 3. The molecule has 1 aromatic heterocycles. The lowest BCUT2D eigenvalue weighted by Crippen LogP contribution is -2.36. The molecule has 1 heterocycles. The van der Waals surface area contributed by atoms with E-state index in [9.17, 15) is 19.5 Å². The average Bonchev–Trinajstić information content (AvgIpc) is 3.52. The van der Waals surface area contributed by atoms with Crippen molar-refractivity contribution in [2.24, 2.45) is 0 Å². The summed E-state index contributed by atoms with van der Waals surface area (Å²) in [6, 6.07) is 6.55. The first kappa shape index (κ1) is 20.7. The zero-order valence-electron chi connectivity index (χ0n) is 17.7. The Bertz CT molecular complexity index is 1190. The Labute approximate surface area is 179 Å². The lowest BCUT2D eigenvalue weighted by Gasteiger charge is -2.16. The molecule has 162 valence electrons. The number of benzene rings is 1. The van der Waals surface area contributed by atoms with Crippen LogP contribution in [0.3, 0.4) is 0 Å². The van der Waals surface area contributed by atoms with Gasteiger partial charge in [-0.15, -0.1) is 0 Å². The van der Waals surface area contributed by atoms with Gasteiger partial charge >= 0.3 is 0 Å². The largest absolute Gasteiger partial charge is 0.505 e. The third kappa shape index (κ3) is 3.81. The van der Waals surface area contributed by atoms with Crippen molar-refractivity contribution in [3.63, 3.8) is 0 Å². The molecule has 1 amide bonds. The number of phenolic OH excluding ortho intramolecular Hbond substituents is 1. The summed E-state index contributed by atoms with van der Waals surface area (Å²) in [5.74, 6) is 1.77. The number of furan rings is 1. The van der Waals surface area contributed by atoms with E-state index >= 15 is 0 Å². The number of amides is 1. The van der Waals surface area contributed by atoms with Gasteiger partial charge in [0.05, 0.1) is 17.8 Å². The molecule has 2 aromatic carbocycles. The van der Waals surface area contributed by atoms with Gasteiger partial charge in [0, 0.05) is 13.0 Å². The van der Waals surface area contributed by atoms with Crippen molar-refractivity contribution in [2.45, 2.75) is 45.1 Å². The van der Waals surface area contributed by atoms with Crippen LogP contribution in [-0.2, 0) is 6.54 Å². The van der Waals surface area contributed by atoms with Gasteiger partial charge in [-0.2, -0.15) is 0 Å². The predicted molar refractivity (Wildman–Crippen MR) is 118 cm³/mol. The van der Waals surface area contributed by atoms with Crippen molar-refractivity contribution < 1.29 is 14.3 Å². The molecule has 8 nitrogen and oxygen atoms in total. The van der Waals surface area contributed by atoms with E-state index in [0.717, 1.165) is 18.6 Å². The van der Waals surface area contributed by atoms with E-state index in [0.29, 0.717) is 17.6 Å². The lowest BCUT2D eigenvalue weighted by atomic mass is 10.0. The van der Waals surface area contributed by atoms with Gasteiger partial charge in [0.2, 0.25) is 0 Å². The van der Waals surface area contributed by atoms with Crippen molar-refractivity contribution in [3.8, 4) is 5.75 Å². The van der Waals surface area contributed by atoms with Crippen LogP contribution in [0.5, 0.6) is 5.75 Å². The maximum absolute atomic E-state index is 12.1. The molecular weight excluding hydrogens is 398 g/mol. The Hall–Kier alpha value is -3.55. The van der Waals surface area contributed by atoms with Crippen molar-refractivity contribution in [2.75, 3.05) is 17.7 Å². The van der Waals surface area contributed by atoms with Crippen molar-refractivity contribution in [1.82, 2.24) is 5.32 Å². The Morgan fingerprint density at radius 1 is 1.19 bits per heavy atom. The first-order valence-electron chi connectivity index (χ1n) is 10.3. The number of aromatic hydroxyl groups is 1. The van der Waals surface area contributed by atoms with Gasteiger partial charge in [-0.25, -0.2) is 0 Å². The molecule has 1 saturated carbocycles. The molecule has 0 spiro atoms. The molecule has 4 N–H and O–H groups in total. The van der Waals surface area contributed by atoms with Gasteiger partial charge in [-0.3, -0.25) is 14.4 Å². The summed E-state index contributed by atoms with van der Waals surface area (Å²) in [6.45, 7) is 4.49. The number of rotatable bonds is 8. The maximum Gasteiger partial charge on any atom is 0.254 e. The van der Waals surface area contributed by atoms with Crippen LogP contribution in [-0.4, -0.2) is 18.1 Å². The van der Waals surface area contributed by atoms with Gasteiger partial charge < -0.3 is 25.5 Å². The Morgan fingerprint density at radius 2 is 1.90 bits per heavy atom. The van der Waals surface area contributed by atoms with Crippen LogP contribution in [0.15, 0.2) is 38.3 Å².